The molecule has 0 fully saturated rings. The van der Waals surface area contributed by atoms with E-state index in [-0.39, 0.29) is 0 Å². The van der Waals surface area contributed by atoms with Crippen LogP contribution in [0.25, 0.3) is 0 Å². The maximum absolute atomic E-state index is 9.34. The van der Waals surface area contributed by atoms with Gasteiger partial charge < -0.3 is 15.2 Å². The minimum absolute atomic E-state index is 0.376. The van der Waals surface area contributed by atoms with Gasteiger partial charge in [-0.1, -0.05) is 0 Å². The molecule has 5 heteroatoms. The van der Waals surface area contributed by atoms with Gasteiger partial charge in [-0.3, -0.25) is 0 Å². The standard InChI is InChI=1S/C9H14BrNO2S/c1-13-6-7(12)4-11-5-8-2-3-9(10)14-8/h2-3,7,11-12H,4-6H2,1H3. The zero-order valence-corrected chi connectivity index (χ0v) is 10.4. The van der Waals surface area contributed by atoms with E-state index in [1.54, 1.807) is 18.4 Å². The lowest BCUT2D eigenvalue weighted by atomic mass is 10.3. The van der Waals surface area contributed by atoms with Crippen LogP contribution < -0.4 is 5.32 Å². The molecule has 1 heterocycles. The zero-order valence-electron chi connectivity index (χ0n) is 8.00. The van der Waals surface area contributed by atoms with Crippen LogP contribution in [0.1, 0.15) is 4.88 Å². The van der Waals surface area contributed by atoms with Gasteiger partial charge in [-0.15, -0.1) is 11.3 Å². The van der Waals surface area contributed by atoms with Crippen molar-refractivity contribution in [2.45, 2.75) is 12.6 Å². The predicted molar refractivity (Wildman–Crippen MR) is 61.6 cm³/mol. The third-order valence-corrected chi connectivity index (χ3v) is 3.29. The van der Waals surface area contributed by atoms with E-state index in [4.69, 9.17) is 4.74 Å². The molecule has 0 saturated heterocycles. The quantitative estimate of drug-likeness (QED) is 0.832. The van der Waals surface area contributed by atoms with Gasteiger partial charge in [0.2, 0.25) is 0 Å². The molecule has 80 valence electrons. The van der Waals surface area contributed by atoms with Crippen molar-refractivity contribution in [3.05, 3.63) is 20.8 Å². The summed E-state index contributed by atoms with van der Waals surface area (Å²) in [6, 6.07) is 4.08. The first-order valence-corrected chi connectivity index (χ1v) is 5.95. The topological polar surface area (TPSA) is 41.5 Å². The zero-order chi connectivity index (χ0) is 10.4. The molecule has 1 rings (SSSR count). The fourth-order valence-electron chi connectivity index (χ4n) is 1.06. The number of ether oxygens (including phenoxy) is 1. The number of halogens is 1. The van der Waals surface area contributed by atoms with Crippen molar-refractivity contribution in [3.63, 3.8) is 0 Å². The van der Waals surface area contributed by atoms with E-state index in [9.17, 15) is 5.11 Å². The first-order valence-electron chi connectivity index (χ1n) is 4.34. The van der Waals surface area contributed by atoms with E-state index in [0.717, 1.165) is 10.3 Å². The van der Waals surface area contributed by atoms with E-state index in [1.807, 2.05) is 6.07 Å². The Morgan fingerprint density at radius 3 is 3.00 bits per heavy atom. The van der Waals surface area contributed by atoms with Crippen molar-refractivity contribution in [2.75, 3.05) is 20.3 Å². The Morgan fingerprint density at radius 1 is 1.64 bits per heavy atom. The van der Waals surface area contributed by atoms with E-state index in [2.05, 4.69) is 27.3 Å². The van der Waals surface area contributed by atoms with Crippen LogP contribution in [0.2, 0.25) is 0 Å². The first kappa shape index (κ1) is 12.1. The molecule has 0 aliphatic carbocycles. The van der Waals surface area contributed by atoms with Crippen molar-refractivity contribution in [1.82, 2.24) is 5.32 Å². The van der Waals surface area contributed by atoms with E-state index < -0.39 is 6.10 Å². The molecule has 0 aliphatic heterocycles. The van der Waals surface area contributed by atoms with Crippen LogP contribution in [0.4, 0.5) is 0 Å². The Morgan fingerprint density at radius 2 is 2.43 bits per heavy atom. The summed E-state index contributed by atoms with van der Waals surface area (Å²) in [4.78, 5) is 1.25. The van der Waals surface area contributed by atoms with Gasteiger partial charge in [0.1, 0.15) is 0 Å². The third-order valence-electron chi connectivity index (χ3n) is 1.67. The third kappa shape index (κ3) is 4.52. The van der Waals surface area contributed by atoms with E-state index in [1.165, 1.54) is 4.88 Å². The fraction of sp³-hybridized carbons (Fsp3) is 0.556. The van der Waals surface area contributed by atoms with Gasteiger partial charge >= 0.3 is 0 Å². The smallest absolute Gasteiger partial charge is 0.0897 e. The summed E-state index contributed by atoms with van der Waals surface area (Å²) >= 11 is 5.09. The first-order chi connectivity index (χ1) is 6.72. The summed E-state index contributed by atoms with van der Waals surface area (Å²) in [7, 11) is 1.58. The number of rotatable bonds is 6. The number of aliphatic hydroxyl groups excluding tert-OH is 1. The number of hydrogen-bond acceptors (Lipinski definition) is 4. The molecule has 0 aromatic carbocycles. The highest BCUT2D eigenvalue weighted by Gasteiger charge is 2.02. The molecule has 0 amide bonds. The monoisotopic (exact) mass is 279 g/mol. The molecule has 0 radical (unpaired) electrons. The molecule has 3 nitrogen and oxygen atoms in total. The number of nitrogens with one attached hydrogen (secondary N) is 1. The van der Waals surface area contributed by atoms with Crippen molar-refractivity contribution in [1.29, 1.82) is 0 Å². The molecular formula is C9H14BrNO2S. The van der Waals surface area contributed by atoms with Gasteiger partial charge in [0.25, 0.3) is 0 Å². The summed E-state index contributed by atoms with van der Waals surface area (Å²) in [6.07, 6.45) is -0.427. The molecule has 0 spiro atoms. The Bertz CT molecular complexity index is 267. The number of hydrogen-bond donors (Lipinski definition) is 2. The summed E-state index contributed by atoms with van der Waals surface area (Å²) in [5, 5.41) is 12.5. The molecule has 1 aromatic heterocycles. The predicted octanol–water partition coefficient (Wildman–Crippen LogP) is 1.61. The van der Waals surface area contributed by atoms with Gasteiger partial charge in [0.05, 0.1) is 16.5 Å². The van der Waals surface area contributed by atoms with E-state index >= 15 is 0 Å². The molecule has 0 bridgehead atoms. The molecule has 1 aromatic rings. The van der Waals surface area contributed by atoms with Crippen LogP contribution >= 0.6 is 27.3 Å². The Kier molecular flexibility index (Phi) is 5.66. The minimum atomic E-state index is -0.427. The molecular weight excluding hydrogens is 266 g/mol. The van der Waals surface area contributed by atoms with Crippen molar-refractivity contribution in [3.8, 4) is 0 Å². The number of thiophene rings is 1. The maximum atomic E-state index is 9.34. The van der Waals surface area contributed by atoms with Crippen LogP contribution in [-0.2, 0) is 11.3 Å². The molecule has 0 saturated carbocycles. The average Bonchev–Trinajstić information content (AvgIpc) is 2.52. The lowest BCUT2D eigenvalue weighted by Crippen LogP contribution is -2.29. The normalized spacial score (nSPS) is 13.1. The van der Waals surface area contributed by atoms with Gasteiger partial charge in [0.15, 0.2) is 0 Å². The van der Waals surface area contributed by atoms with Gasteiger partial charge in [-0.25, -0.2) is 0 Å². The summed E-state index contributed by atoms with van der Waals surface area (Å²) in [6.45, 7) is 1.72. The highest BCUT2D eigenvalue weighted by atomic mass is 79.9. The van der Waals surface area contributed by atoms with Gasteiger partial charge in [0, 0.05) is 25.1 Å². The Hall–Kier alpha value is 0.0600. The second-order valence-corrected chi connectivity index (χ2v) is 5.49. The average molecular weight is 280 g/mol. The number of methoxy groups -OCH3 is 1. The fourth-order valence-corrected chi connectivity index (χ4v) is 2.51. The van der Waals surface area contributed by atoms with Crippen molar-refractivity contribution >= 4 is 27.3 Å². The molecule has 1 unspecified atom stereocenters. The Labute approximate surface area is 96.2 Å². The van der Waals surface area contributed by atoms with Crippen molar-refractivity contribution < 1.29 is 9.84 Å². The molecule has 1 atom stereocenters. The Balaban J connectivity index is 2.15. The van der Waals surface area contributed by atoms with Crippen LogP contribution in [-0.4, -0.2) is 31.5 Å². The van der Waals surface area contributed by atoms with Crippen LogP contribution in [0.15, 0.2) is 15.9 Å². The number of aliphatic hydroxyl groups is 1. The molecule has 2 N–H and O–H groups in total. The molecule has 0 aliphatic rings. The van der Waals surface area contributed by atoms with Crippen LogP contribution in [0.5, 0.6) is 0 Å². The van der Waals surface area contributed by atoms with Crippen molar-refractivity contribution in [2.24, 2.45) is 0 Å². The highest BCUT2D eigenvalue weighted by molar-refractivity contribution is 9.11. The SMILES string of the molecule is COCC(O)CNCc1ccc(Br)s1. The largest absolute Gasteiger partial charge is 0.389 e. The second-order valence-electron chi connectivity index (χ2n) is 2.95. The lowest BCUT2D eigenvalue weighted by molar-refractivity contribution is 0.0644. The van der Waals surface area contributed by atoms with Crippen LogP contribution in [0, 0.1) is 0 Å². The maximum Gasteiger partial charge on any atom is 0.0897 e. The summed E-state index contributed by atoms with van der Waals surface area (Å²) in [5.74, 6) is 0. The van der Waals surface area contributed by atoms with E-state index in [0.29, 0.717) is 13.2 Å². The van der Waals surface area contributed by atoms with Crippen LogP contribution in [0.3, 0.4) is 0 Å². The summed E-state index contributed by atoms with van der Waals surface area (Å²) < 4.78 is 5.95. The second kappa shape index (κ2) is 6.53. The summed E-state index contributed by atoms with van der Waals surface area (Å²) in [5.41, 5.74) is 0. The lowest BCUT2D eigenvalue weighted by Gasteiger charge is -2.09. The van der Waals surface area contributed by atoms with Gasteiger partial charge in [-0.05, 0) is 28.1 Å². The minimum Gasteiger partial charge on any atom is -0.389 e. The van der Waals surface area contributed by atoms with Gasteiger partial charge in [-0.2, -0.15) is 0 Å². The molecule has 14 heavy (non-hydrogen) atoms. The highest BCUT2D eigenvalue weighted by Crippen LogP contribution is 2.21.